The summed E-state index contributed by atoms with van der Waals surface area (Å²) in [7, 11) is -3.05. The molecule has 34 heavy (non-hydrogen) atoms. The van der Waals surface area contributed by atoms with Crippen LogP contribution in [0, 0.1) is 0 Å². The molecule has 2 saturated heterocycles. The lowest BCUT2D eigenvalue weighted by Gasteiger charge is -2.16. The zero-order valence-corrected chi connectivity index (χ0v) is 19.7. The van der Waals surface area contributed by atoms with E-state index in [4.69, 9.17) is 15.1 Å². The predicted molar refractivity (Wildman–Crippen MR) is 132 cm³/mol. The minimum absolute atomic E-state index is 0.109. The van der Waals surface area contributed by atoms with Crippen LogP contribution in [-0.2, 0) is 16.4 Å². The van der Waals surface area contributed by atoms with Crippen LogP contribution in [0.2, 0.25) is 0 Å². The van der Waals surface area contributed by atoms with Crippen LogP contribution in [0.25, 0.3) is 22.4 Å². The average Bonchev–Trinajstić information content (AvgIpc) is 3.59. The minimum atomic E-state index is -3.05. The fraction of sp³-hybridized carbons (Fsp3) is 0.360. The van der Waals surface area contributed by atoms with Crippen molar-refractivity contribution < 1.29 is 8.42 Å². The summed E-state index contributed by atoms with van der Waals surface area (Å²) >= 11 is 0. The largest absolute Gasteiger partial charge is 0.370 e. The Morgan fingerprint density at radius 3 is 2.59 bits per heavy atom. The molecule has 5 heterocycles. The molecular formula is C25H26N6O2S. The topological polar surface area (TPSA) is 93.9 Å². The molecule has 2 aliphatic rings. The van der Waals surface area contributed by atoms with Crippen LogP contribution in [-0.4, -0.2) is 57.7 Å². The Bertz CT molecular complexity index is 1440. The van der Waals surface area contributed by atoms with Crippen LogP contribution in [0.15, 0.2) is 54.7 Å². The van der Waals surface area contributed by atoms with E-state index in [9.17, 15) is 8.42 Å². The normalized spacial score (nSPS) is 19.8. The zero-order chi connectivity index (χ0) is 23.1. The number of hydrogen-bond donors (Lipinski definition) is 0. The summed E-state index contributed by atoms with van der Waals surface area (Å²) in [5.41, 5.74) is 3.58. The predicted octanol–water partition coefficient (Wildman–Crippen LogP) is 3.44. The minimum Gasteiger partial charge on any atom is -0.370 e. The lowest BCUT2D eigenvalue weighted by atomic mass is 10.1. The fourth-order valence-electron chi connectivity index (χ4n) is 4.91. The van der Waals surface area contributed by atoms with Crippen molar-refractivity contribution in [2.75, 3.05) is 29.5 Å². The Hall–Kier alpha value is -3.33. The number of fused-ring (bicyclic) bond motifs is 1. The molecule has 1 atom stereocenters. The number of pyridine rings is 2. The van der Waals surface area contributed by atoms with Gasteiger partial charge in [0, 0.05) is 24.4 Å². The lowest BCUT2D eigenvalue weighted by molar-refractivity contribution is 0.581. The summed E-state index contributed by atoms with van der Waals surface area (Å²) in [5.74, 6) is 1.34. The molecule has 2 fully saturated rings. The monoisotopic (exact) mass is 474 g/mol. The second-order valence-corrected chi connectivity index (χ2v) is 11.4. The molecule has 8 nitrogen and oxygen atoms in total. The summed E-state index contributed by atoms with van der Waals surface area (Å²) in [4.78, 5) is 16.5. The Kier molecular flexibility index (Phi) is 5.28. The molecule has 1 unspecified atom stereocenters. The maximum atomic E-state index is 12.2. The highest BCUT2D eigenvalue weighted by molar-refractivity contribution is 7.91. The third-order valence-electron chi connectivity index (χ3n) is 6.71. The van der Waals surface area contributed by atoms with Gasteiger partial charge in [0.25, 0.3) is 0 Å². The summed E-state index contributed by atoms with van der Waals surface area (Å²) in [6.45, 7) is 2.55. The first kappa shape index (κ1) is 21.2. The van der Waals surface area contributed by atoms with E-state index in [-0.39, 0.29) is 17.4 Å². The molecule has 0 N–H and O–H groups in total. The maximum Gasteiger partial charge on any atom is 0.200 e. The van der Waals surface area contributed by atoms with Gasteiger partial charge in [0.15, 0.2) is 15.7 Å². The van der Waals surface area contributed by atoms with Gasteiger partial charge in [0.05, 0.1) is 41.1 Å². The third-order valence-corrected chi connectivity index (χ3v) is 8.48. The Morgan fingerprint density at radius 1 is 0.971 bits per heavy atom. The van der Waals surface area contributed by atoms with Gasteiger partial charge < -0.3 is 4.90 Å². The molecule has 0 radical (unpaired) electrons. The summed E-state index contributed by atoms with van der Waals surface area (Å²) in [5, 5.41) is 5.85. The summed E-state index contributed by atoms with van der Waals surface area (Å²) < 4.78 is 26.2. The highest BCUT2D eigenvalue weighted by atomic mass is 32.2. The Balaban J connectivity index is 1.35. The maximum absolute atomic E-state index is 12.2. The number of rotatable bonds is 5. The summed E-state index contributed by atoms with van der Waals surface area (Å²) in [6.07, 6.45) is 4.87. The fourth-order valence-corrected chi connectivity index (χ4v) is 6.65. The van der Waals surface area contributed by atoms with Gasteiger partial charge in [-0.1, -0.05) is 24.3 Å². The molecule has 0 spiro atoms. The first-order valence-corrected chi connectivity index (χ1v) is 13.6. The Morgan fingerprint density at radius 2 is 1.82 bits per heavy atom. The average molecular weight is 475 g/mol. The molecule has 0 amide bonds. The van der Waals surface area contributed by atoms with E-state index in [0.717, 1.165) is 35.4 Å². The van der Waals surface area contributed by atoms with E-state index >= 15 is 0 Å². The highest BCUT2D eigenvalue weighted by Gasteiger charge is 2.33. The van der Waals surface area contributed by atoms with E-state index in [2.05, 4.69) is 16.0 Å². The van der Waals surface area contributed by atoms with Crippen molar-refractivity contribution >= 4 is 26.4 Å². The van der Waals surface area contributed by atoms with Gasteiger partial charge in [-0.25, -0.2) is 18.1 Å². The van der Waals surface area contributed by atoms with Crippen LogP contribution >= 0.6 is 0 Å². The van der Waals surface area contributed by atoms with Gasteiger partial charge in [-0.2, -0.15) is 0 Å². The molecule has 2 aliphatic heterocycles. The zero-order valence-electron chi connectivity index (χ0n) is 18.8. The van der Waals surface area contributed by atoms with Crippen LogP contribution < -0.4 is 4.90 Å². The van der Waals surface area contributed by atoms with Gasteiger partial charge >= 0.3 is 0 Å². The second-order valence-electron chi connectivity index (χ2n) is 9.14. The van der Waals surface area contributed by atoms with Crippen molar-refractivity contribution in [3.05, 3.63) is 66.2 Å². The molecular weight excluding hydrogens is 448 g/mol. The van der Waals surface area contributed by atoms with Crippen LogP contribution in [0.1, 0.15) is 36.7 Å². The van der Waals surface area contributed by atoms with E-state index in [1.807, 2.05) is 53.3 Å². The molecule has 0 aliphatic carbocycles. The van der Waals surface area contributed by atoms with Crippen LogP contribution in [0.3, 0.4) is 0 Å². The molecule has 1 aromatic carbocycles. The van der Waals surface area contributed by atoms with Gasteiger partial charge in [0.1, 0.15) is 11.5 Å². The van der Waals surface area contributed by atoms with Gasteiger partial charge in [-0.3, -0.25) is 9.97 Å². The van der Waals surface area contributed by atoms with Gasteiger partial charge in [-0.15, -0.1) is 5.10 Å². The van der Waals surface area contributed by atoms with E-state index < -0.39 is 9.84 Å². The van der Waals surface area contributed by atoms with E-state index in [1.165, 1.54) is 12.8 Å². The van der Waals surface area contributed by atoms with E-state index in [1.54, 1.807) is 0 Å². The third kappa shape index (κ3) is 4.16. The number of aromatic nitrogens is 5. The molecule has 3 aromatic heterocycles. The molecule has 4 aromatic rings. The van der Waals surface area contributed by atoms with Crippen molar-refractivity contribution in [2.45, 2.75) is 31.7 Å². The molecule has 9 heteroatoms. The lowest BCUT2D eigenvalue weighted by Crippen LogP contribution is -2.17. The van der Waals surface area contributed by atoms with Crippen LogP contribution in [0.4, 0.5) is 5.69 Å². The van der Waals surface area contributed by atoms with Crippen molar-refractivity contribution in [3.63, 3.8) is 0 Å². The van der Waals surface area contributed by atoms with Crippen molar-refractivity contribution in [1.82, 2.24) is 24.7 Å². The molecule has 0 saturated carbocycles. The first-order chi connectivity index (χ1) is 16.5. The van der Waals surface area contributed by atoms with Crippen molar-refractivity contribution in [3.8, 4) is 11.5 Å². The first-order valence-electron chi connectivity index (χ1n) is 11.8. The standard InChI is InChI=1S/C25H26N6O2S/c32-34(33)14-11-19(17-34)25-28-24(23-10-9-21(15-26-23)30-12-3-4-13-30)29-31(25)16-20-8-7-18-5-1-2-6-22(18)27-20/h1-2,5-10,15,19H,3-4,11-14,16-17H2. The van der Waals surface area contributed by atoms with Crippen LogP contribution in [0.5, 0.6) is 0 Å². The second kappa shape index (κ2) is 8.47. The molecule has 0 bridgehead atoms. The van der Waals surface area contributed by atoms with Crippen molar-refractivity contribution in [2.24, 2.45) is 0 Å². The quantitative estimate of drug-likeness (QED) is 0.437. The van der Waals surface area contributed by atoms with Gasteiger partial charge in [-0.05, 0) is 43.5 Å². The smallest absolute Gasteiger partial charge is 0.200 e. The van der Waals surface area contributed by atoms with Crippen molar-refractivity contribution in [1.29, 1.82) is 0 Å². The number of nitrogens with zero attached hydrogens (tertiary/aromatic N) is 6. The number of para-hydroxylation sites is 1. The van der Waals surface area contributed by atoms with Gasteiger partial charge in [0.2, 0.25) is 0 Å². The number of anilines is 1. The SMILES string of the molecule is O=S1(=O)CCC(c2nc(-c3ccc(N4CCCC4)cn3)nn2Cc2ccc3ccccc3n2)C1. The molecule has 174 valence electrons. The molecule has 6 rings (SSSR count). The number of hydrogen-bond acceptors (Lipinski definition) is 7. The highest BCUT2D eigenvalue weighted by Crippen LogP contribution is 2.30. The van der Waals surface area contributed by atoms with E-state index in [0.29, 0.717) is 30.3 Å². The number of sulfone groups is 1. The number of benzene rings is 1. The Labute approximate surface area is 198 Å². The summed E-state index contributed by atoms with van der Waals surface area (Å²) in [6, 6.07) is 16.0.